The number of piperidine rings is 1. The number of hydrogen-bond acceptors (Lipinski definition) is 4. The summed E-state index contributed by atoms with van der Waals surface area (Å²) in [5.41, 5.74) is 2.04. The first-order valence-electron chi connectivity index (χ1n) is 9.84. The van der Waals surface area contributed by atoms with Crippen LogP contribution in [-0.2, 0) is 16.1 Å². The average molecular weight is 415 g/mol. The monoisotopic (exact) mass is 414 g/mol. The lowest BCUT2D eigenvalue weighted by Gasteiger charge is -2.31. The van der Waals surface area contributed by atoms with Crippen LogP contribution < -0.4 is 0 Å². The van der Waals surface area contributed by atoms with Crippen LogP contribution in [0.3, 0.4) is 0 Å². The molecule has 0 N–H and O–H groups in total. The molecule has 0 bridgehead atoms. The van der Waals surface area contributed by atoms with Gasteiger partial charge in [-0.2, -0.15) is 0 Å². The number of amides is 1. The lowest BCUT2D eigenvalue weighted by Crippen LogP contribution is -2.41. The molecule has 1 aliphatic heterocycles. The van der Waals surface area contributed by atoms with Crippen molar-refractivity contribution in [2.75, 3.05) is 19.7 Å². The molecular weight excluding hydrogens is 391 g/mol. The van der Waals surface area contributed by atoms with E-state index in [0.29, 0.717) is 50.3 Å². The van der Waals surface area contributed by atoms with Crippen LogP contribution in [0.25, 0.3) is 10.2 Å². The molecule has 0 saturated carbocycles. The molecule has 1 aromatic carbocycles. The molecular formula is C22H23FN2O3S. The summed E-state index contributed by atoms with van der Waals surface area (Å²) in [5.74, 6) is -0.680. The van der Waals surface area contributed by atoms with Crippen LogP contribution in [0.4, 0.5) is 4.39 Å². The van der Waals surface area contributed by atoms with Crippen molar-refractivity contribution in [1.29, 1.82) is 0 Å². The predicted molar refractivity (Wildman–Crippen MR) is 111 cm³/mol. The number of hydrogen-bond donors (Lipinski definition) is 0. The number of aromatic nitrogens is 1. The molecule has 1 saturated heterocycles. The smallest absolute Gasteiger partial charge is 0.309 e. The molecule has 1 aliphatic rings. The summed E-state index contributed by atoms with van der Waals surface area (Å²) in [6.45, 7) is 3.50. The Morgan fingerprint density at radius 3 is 2.69 bits per heavy atom. The fourth-order valence-corrected chi connectivity index (χ4v) is 4.68. The number of carbonyl (C=O) groups excluding carboxylic acids is 2. The van der Waals surface area contributed by atoms with Gasteiger partial charge < -0.3 is 14.2 Å². The zero-order valence-electron chi connectivity index (χ0n) is 16.3. The second-order valence-electron chi connectivity index (χ2n) is 7.20. The Labute approximate surface area is 172 Å². The Morgan fingerprint density at radius 2 is 1.97 bits per heavy atom. The highest BCUT2D eigenvalue weighted by Gasteiger charge is 2.30. The third-order valence-corrected chi connectivity index (χ3v) is 6.28. The van der Waals surface area contributed by atoms with E-state index < -0.39 is 0 Å². The Bertz CT molecular complexity index is 1030. The molecule has 7 heteroatoms. The standard InChI is InChI=1S/C22H23FN2O3S/c1-2-28-22(27)15-7-10-24(11-8-15)21(26)19-13-20-18(9-12-29-20)25(19)14-16-5-3-4-6-17(16)23/h3-6,9,12-13,15H,2,7-8,10-11,14H2,1H3. The van der Waals surface area contributed by atoms with E-state index in [1.165, 1.54) is 6.07 Å². The number of ether oxygens (including phenoxy) is 1. The number of rotatable bonds is 5. The number of carbonyl (C=O) groups is 2. The molecule has 4 rings (SSSR count). The average Bonchev–Trinajstić information content (AvgIpc) is 3.32. The van der Waals surface area contributed by atoms with Gasteiger partial charge in [-0.1, -0.05) is 18.2 Å². The maximum absolute atomic E-state index is 14.2. The van der Waals surface area contributed by atoms with Crippen molar-refractivity contribution in [2.24, 2.45) is 5.92 Å². The van der Waals surface area contributed by atoms with Crippen molar-refractivity contribution >= 4 is 33.4 Å². The molecule has 3 heterocycles. The summed E-state index contributed by atoms with van der Waals surface area (Å²) in [6.07, 6.45) is 1.21. The summed E-state index contributed by atoms with van der Waals surface area (Å²) in [5, 5.41) is 1.97. The quantitative estimate of drug-likeness (QED) is 0.585. The van der Waals surface area contributed by atoms with Crippen LogP contribution >= 0.6 is 11.3 Å². The maximum atomic E-state index is 14.2. The van der Waals surface area contributed by atoms with E-state index in [0.717, 1.165) is 10.2 Å². The van der Waals surface area contributed by atoms with Crippen LogP contribution in [0.15, 0.2) is 41.8 Å². The van der Waals surface area contributed by atoms with Crippen molar-refractivity contribution in [3.63, 3.8) is 0 Å². The molecule has 1 amide bonds. The molecule has 0 radical (unpaired) electrons. The fraction of sp³-hybridized carbons (Fsp3) is 0.364. The summed E-state index contributed by atoms with van der Waals surface area (Å²) in [4.78, 5) is 27.0. The van der Waals surface area contributed by atoms with Gasteiger partial charge >= 0.3 is 5.97 Å². The van der Waals surface area contributed by atoms with Gasteiger partial charge in [0.1, 0.15) is 11.5 Å². The number of nitrogens with zero attached hydrogens (tertiary/aromatic N) is 2. The molecule has 0 unspecified atom stereocenters. The van der Waals surface area contributed by atoms with Crippen LogP contribution in [0.1, 0.15) is 35.8 Å². The molecule has 5 nitrogen and oxygen atoms in total. The summed E-state index contributed by atoms with van der Waals surface area (Å²) in [6, 6.07) is 10.5. The number of halogens is 1. The van der Waals surface area contributed by atoms with Crippen molar-refractivity contribution < 1.29 is 18.7 Å². The SMILES string of the molecule is CCOC(=O)C1CCN(C(=O)c2cc3sccc3n2Cc2ccccc2F)CC1. The van der Waals surface area contributed by atoms with E-state index in [1.807, 2.05) is 22.1 Å². The summed E-state index contributed by atoms with van der Waals surface area (Å²) >= 11 is 1.56. The van der Waals surface area contributed by atoms with Crippen molar-refractivity contribution in [2.45, 2.75) is 26.3 Å². The Morgan fingerprint density at radius 1 is 1.21 bits per heavy atom. The van der Waals surface area contributed by atoms with Crippen LogP contribution in [0.5, 0.6) is 0 Å². The molecule has 0 spiro atoms. The molecule has 29 heavy (non-hydrogen) atoms. The number of fused-ring (bicyclic) bond motifs is 1. The molecule has 152 valence electrons. The van der Waals surface area contributed by atoms with E-state index in [2.05, 4.69) is 0 Å². The highest BCUT2D eigenvalue weighted by Crippen LogP contribution is 2.29. The topological polar surface area (TPSA) is 51.5 Å². The van der Waals surface area contributed by atoms with E-state index in [1.54, 1.807) is 41.4 Å². The molecule has 0 atom stereocenters. The Kier molecular flexibility index (Phi) is 5.67. The molecule has 0 aliphatic carbocycles. The Balaban J connectivity index is 1.56. The van der Waals surface area contributed by atoms with Gasteiger partial charge in [0.2, 0.25) is 0 Å². The van der Waals surface area contributed by atoms with Gasteiger partial charge in [-0.05, 0) is 43.3 Å². The van der Waals surface area contributed by atoms with Crippen LogP contribution in [-0.4, -0.2) is 41.0 Å². The Hall–Kier alpha value is -2.67. The minimum absolute atomic E-state index is 0.0768. The number of thiophene rings is 1. The number of likely N-dealkylation sites (tertiary alicyclic amines) is 1. The molecule has 2 aromatic heterocycles. The number of benzene rings is 1. The van der Waals surface area contributed by atoms with E-state index in [-0.39, 0.29) is 23.6 Å². The second kappa shape index (κ2) is 8.37. The lowest BCUT2D eigenvalue weighted by atomic mass is 9.97. The first-order valence-corrected chi connectivity index (χ1v) is 10.7. The van der Waals surface area contributed by atoms with Gasteiger partial charge in [0, 0.05) is 18.7 Å². The zero-order chi connectivity index (χ0) is 20.4. The third kappa shape index (κ3) is 3.92. The second-order valence-corrected chi connectivity index (χ2v) is 8.14. The van der Waals surface area contributed by atoms with Crippen molar-refractivity contribution in [1.82, 2.24) is 9.47 Å². The van der Waals surface area contributed by atoms with Crippen LogP contribution in [0, 0.1) is 11.7 Å². The van der Waals surface area contributed by atoms with E-state index >= 15 is 0 Å². The highest BCUT2D eigenvalue weighted by molar-refractivity contribution is 7.17. The fourth-order valence-electron chi connectivity index (χ4n) is 3.86. The largest absolute Gasteiger partial charge is 0.466 e. The predicted octanol–water partition coefficient (Wildman–Crippen LogP) is 4.31. The molecule has 1 fully saturated rings. The van der Waals surface area contributed by atoms with Gasteiger partial charge in [-0.15, -0.1) is 11.3 Å². The summed E-state index contributed by atoms with van der Waals surface area (Å²) in [7, 11) is 0. The van der Waals surface area contributed by atoms with E-state index in [4.69, 9.17) is 4.74 Å². The van der Waals surface area contributed by atoms with Crippen LogP contribution in [0.2, 0.25) is 0 Å². The minimum Gasteiger partial charge on any atom is -0.466 e. The van der Waals surface area contributed by atoms with E-state index in [9.17, 15) is 14.0 Å². The first-order chi connectivity index (χ1) is 14.1. The third-order valence-electron chi connectivity index (χ3n) is 5.43. The first kappa shape index (κ1) is 19.6. The molecule has 3 aromatic rings. The normalized spacial score (nSPS) is 15.0. The van der Waals surface area contributed by atoms with Gasteiger partial charge in [0.05, 0.1) is 29.3 Å². The van der Waals surface area contributed by atoms with Gasteiger partial charge in [-0.3, -0.25) is 9.59 Å². The maximum Gasteiger partial charge on any atom is 0.309 e. The van der Waals surface area contributed by atoms with Gasteiger partial charge in [0.15, 0.2) is 0 Å². The van der Waals surface area contributed by atoms with Crippen molar-refractivity contribution in [3.8, 4) is 0 Å². The number of esters is 1. The minimum atomic E-state index is -0.279. The lowest BCUT2D eigenvalue weighted by molar-refractivity contribution is -0.149. The summed E-state index contributed by atoms with van der Waals surface area (Å²) < 4.78 is 22.2. The van der Waals surface area contributed by atoms with Crippen molar-refractivity contribution in [3.05, 3.63) is 58.9 Å². The van der Waals surface area contributed by atoms with Gasteiger partial charge in [-0.25, -0.2) is 4.39 Å². The zero-order valence-corrected chi connectivity index (χ0v) is 17.1. The van der Waals surface area contributed by atoms with Gasteiger partial charge in [0.25, 0.3) is 5.91 Å². The highest BCUT2D eigenvalue weighted by atomic mass is 32.1.